The van der Waals surface area contributed by atoms with E-state index in [1.54, 1.807) is 0 Å². The molecule has 0 bridgehead atoms. The van der Waals surface area contributed by atoms with E-state index in [2.05, 4.69) is 4.18 Å². The largest absolute Gasteiger partial charge is 0.534 e. The number of primary amides is 1. The Labute approximate surface area is 136 Å². The smallest absolute Gasteiger partial charge is 0.376 e. The lowest BCUT2D eigenvalue weighted by Gasteiger charge is -2.11. The second kappa shape index (κ2) is 7.81. The summed E-state index contributed by atoms with van der Waals surface area (Å²) >= 11 is 0. The van der Waals surface area contributed by atoms with Crippen molar-refractivity contribution in [2.45, 2.75) is 18.3 Å². The Morgan fingerprint density at radius 1 is 1.17 bits per heavy atom. The van der Waals surface area contributed by atoms with Gasteiger partial charge in [-0.2, -0.15) is 30.0 Å². The summed E-state index contributed by atoms with van der Waals surface area (Å²) in [4.78, 5) is 10.9. The molecule has 0 saturated heterocycles. The molecule has 0 heterocycles. The maximum atomic E-state index is 12.1. The van der Waals surface area contributed by atoms with Crippen LogP contribution in [0.1, 0.15) is 18.4 Å². The van der Waals surface area contributed by atoms with Crippen molar-refractivity contribution in [2.75, 3.05) is 6.26 Å². The van der Waals surface area contributed by atoms with E-state index >= 15 is 0 Å². The first-order valence-electron chi connectivity index (χ1n) is 5.87. The molecular formula is C11H14F3NO7S2. The third-order valence-electron chi connectivity index (χ3n) is 2.30. The van der Waals surface area contributed by atoms with Crippen molar-refractivity contribution in [3.63, 3.8) is 0 Å². The van der Waals surface area contributed by atoms with Crippen LogP contribution in [0.25, 0.3) is 0 Å². The van der Waals surface area contributed by atoms with Gasteiger partial charge < -0.3 is 9.92 Å². The zero-order valence-electron chi connectivity index (χ0n) is 12.3. The molecule has 138 valence electrons. The maximum absolute atomic E-state index is 12.1. The minimum Gasteiger partial charge on any atom is -0.376 e. The van der Waals surface area contributed by atoms with E-state index in [9.17, 15) is 34.8 Å². The number of carbonyl (C=O) groups excluding carboxylic acids is 1. The summed E-state index contributed by atoms with van der Waals surface area (Å²) in [7, 11) is -9.36. The molecule has 1 rings (SSSR count). The van der Waals surface area contributed by atoms with Crippen LogP contribution in [0.3, 0.4) is 0 Å². The number of rotatable bonds is 4. The standard InChI is InChI=1S/C10H10F3NO4S.CH4O3S/c1-6(9(14)15)7-2-4-8(5-3-7)18-19(16,17)10(11,12)13;1-5(2,3)4/h2-6H,1H3,(H2,14,15);1H3,(H,2,3,4). The Hall–Kier alpha value is -1.86. The average molecular weight is 393 g/mol. The van der Waals surface area contributed by atoms with Gasteiger partial charge in [-0.25, -0.2) is 0 Å². The monoisotopic (exact) mass is 393 g/mol. The van der Waals surface area contributed by atoms with Gasteiger partial charge in [0.2, 0.25) is 5.91 Å². The van der Waals surface area contributed by atoms with Crippen molar-refractivity contribution < 1.29 is 43.5 Å². The lowest BCUT2D eigenvalue weighted by atomic mass is 10.0. The van der Waals surface area contributed by atoms with Crippen molar-refractivity contribution in [3.8, 4) is 5.75 Å². The molecule has 1 unspecified atom stereocenters. The molecule has 0 aliphatic carbocycles. The van der Waals surface area contributed by atoms with E-state index in [1.165, 1.54) is 19.1 Å². The summed E-state index contributed by atoms with van der Waals surface area (Å²) in [5.74, 6) is -1.76. The van der Waals surface area contributed by atoms with Crippen molar-refractivity contribution in [3.05, 3.63) is 29.8 Å². The number of hydrogen-bond donors (Lipinski definition) is 2. The SMILES string of the molecule is CC(C(N)=O)c1ccc(OS(=O)(=O)C(F)(F)F)cc1.CS(=O)(=O)O. The fourth-order valence-electron chi connectivity index (χ4n) is 1.15. The lowest BCUT2D eigenvalue weighted by Crippen LogP contribution is -2.28. The van der Waals surface area contributed by atoms with Gasteiger partial charge in [0, 0.05) is 0 Å². The maximum Gasteiger partial charge on any atom is 0.534 e. The second-order valence-electron chi connectivity index (χ2n) is 4.41. The fraction of sp³-hybridized carbons (Fsp3) is 0.364. The number of hydrogen-bond acceptors (Lipinski definition) is 6. The third-order valence-corrected chi connectivity index (χ3v) is 3.28. The molecule has 0 saturated carbocycles. The van der Waals surface area contributed by atoms with Crippen molar-refractivity contribution in [1.29, 1.82) is 0 Å². The highest BCUT2D eigenvalue weighted by Crippen LogP contribution is 2.27. The Morgan fingerprint density at radius 3 is 1.83 bits per heavy atom. The third kappa shape index (κ3) is 8.12. The van der Waals surface area contributed by atoms with Crippen LogP contribution >= 0.6 is 0 Å². The van der Waals surface area contributed by atoms with E-state index in [0.29, 0.717) is 11.8 Å². The summed E-state index contributed by atoms with van der Waals surface area (Å²) in [6.07, 6.45) is 0.715. The number of amides is 1. The number of alkyl halides is 3. The molecular weight excluding hydrogens is 379 g/mol. The highest BCUT2D eigenvalue weighted by molar-refractivity contribution is 7.88. The zero-order valence-corrected chi connectivity index (χ0v) is 13.9. The van der Waals surface area contributed by atoms with Crippen LogP contribution in [-0.4, -0.2) is 39.1 Å². The van der Waals surface area contributed by atoms with Crippen molar-refractivity contribution in [2.24, 2.45) is 5.73 Å². The summed E-state index contributed by atoms with van der Waals surface area (Å²) in [5.41, 5.74) is -0.00930. The van der Waals surface area contributed by atoms with Gasteiger partial charge in [-0.05, 0) is 24.6 Å². The van der Waals surface area contributed by atoms with E-state index in [-0.39, 0.29) is 0 Å². The van der Waals surface area contributed by atoms with E-state index in [1.807, 2.05) is 0 Å². The highest BCUT2D eigenvalue weighted by Gasteiger charge is 2.48. The van der Waals surface area contributed by atoms with Crippen LogP contribution in [0.5, 0.6) is 5.75 Å². The molecule has 1 aromatic rings. The van der Waals surface area contributed by atoms with Crippen LogP contribution in [0.4, 0.5) is 13.2 Å². The number of halogens is 3. The molecule has 0 fully saturated rings. The van der Waals surface area contributed by atoms with Crippen molar-refractivity contribution in [1.82, 2.24) is 0 Å². The Bertz CT molecular complexity index is 763. The second-order valence-corrected chi connectivity index (χ2v) is 7.41. The predicted molar refractivity (Wildman–Crippen MR) is 77.1 cm³/mol. The first kappa shape index (κ1) is 22.1. The molecule has 3 N–H and O–H groups in total. The van der Waals surface area contributed by atoms with Crippen LogP contribution in [0, 0.1) is 0 Å². The van der Waals surface area contributed by atoms with Crippen molar-refractivity contribution >= 4 is 26.1 Å². The molecule has 1 aromatic carbocycles. The summed E-state index contributed by atoms with van der Waals surface area (Å²) in [5, 5.41) is 0. The average Bonchev–Trinajstić information content (AvgIpc) is 2.34. The first-order valence-corrected chi connectivity index (χ1v) is 9.12. The topological polar surface area (TPSA) is 141 Å². The summed E-state index contributed by atoms with van der Waals surface area (Å²) < 4.78 is 87.4. The molecule has 0 aliphatic heterocycles. The molecule has 0 radical (unpaired) electrons. The van der Waals surface area contributed by atoms with Crippen LogP contribution in [0.15, 0.2) is 24.3 Å². The first-order chi connectivity index (χ1) is 10.5. The van der Waals surface area contributed by atoms with Gasteiger partial charge in [-0.15, -0.1) is 0 Å². The fourth-order valence-corrected chi connectivity index (χ4v) is 1.61. The highest BCUT2D eigenvalue weighted by atomic mass is 32.2. The predicted octanol–water partition coefficient (Wildman–Crippen LogP) is 1.01. The Morgan fingerprint density at radius 2 is 1.54 bits per heavy atom. The van der Waals surface area contributed by atoms with E-state index < -0.39 is 43.3 Å². The molecule has 8 nitrogen and oxygen atoms in total. The van der Waals surface area contributed by atoms with Gasteiger partial charge in [0.05, 0.1) is 12.2 Å². The minimum absolute atomic E-state index is 0.434. The van der Waals surface area contributed by atoms with Gasteiger partial charge >= 0.3 is 15.6 Å². The number of benzene rings is 1. The molecule has 13 heteroatoms. The van der Waals surface area contributed by atoms with Gasteiger partial charge in [0.15, 0.2) is 0 Å². The van der Waals surface area contributed by atoms with E-state index in [4.69, 9.17) is 10.3 Å². The number of carbonyl (C=O) groups is 1. The van der Waals surface area contributed by atoms with Gasteiger partial charge in [-0.1, -0.05) is 12.1 Å². The lowest BCUT2D eigenvalue weighted by molar-refractivity contribution is -0.119. The molecule has 0 spiro atoms. The van der Waals surface area contributed by atoms with Crippen LogP contribution in [0.2, 0.25) is 0 Å². The molecule has 1 amide bonds. The van der Waals surface area contributed by atoms with Gasteiger partial charge in [0.1, 0.15) is 5.75 Å². The summed E-state index contributed by atoms with van der Waals surface area (Å²) in [6.45, 7) is 1.50. The minimum atomic E-state index is -5.69. The molecule has 0 aliphatic rings. The zero-order chi connectivity index (χ0) is 19.3. The quantitative estimate of drug-likeness (QED) is 0.442. The summed E-state index contributed by atoms with van der Waals surface area (Å²) in [6, 6.07) is 4.55. The van der Waals surface area contributed by atoms with E-state index in [0.717, 1.165) is 12.1 Å². The van der Waals surface area contributed by atoms with Crippen LogP contribution < -0.4 is 9.92 Å². The van der Waals surface area contributed by atoms with Gasteiger partial charge in [-0.3, -0.25) is 9.35 Å². The van der Waals surface area contributed by atoms with Crippen LogP contribution in [-0.2, 0) is 25.0 Å². The van der Waals surface area contributed by atoms with Gasteiger partial charge in [0.25, 0.3) is 10.1 Å². The Kier molecular flexibility index (Phi) is 7.20. The molecule has 0 aromatic heterocycles. The molecule has 24 heavy (non-hydrogen) atoms. The Balaban J connectivity index is 0.000000922. The normalized spacial score (nSPS) is 13.4. The molecule has 1 atom stereocenters. The number of nitrogens with two attached hydrogens (primary N) is 1.